The number of halogens is 3. The van der Waals surface area contributed by atoms with Gasteiger partial charge < -0.3 is 0 Å². The lowest BCUT2D eigenvalue weighted by Crippen LogP contribution is -2.18. The highest BCUT2D eigenvalue weighted by Gasteiger charge is 2.28. The van der Waals surface area contributed by atoms with E-state index in [9.17, 15) is 0 Å². The lowest BCUT2D eigenvalue weighted by molar-refractivity contribution is 0.585. The molecule has 0 aliphatic heterocycles. The summed E-state index contributed by atoms with van der Waals surface area (Å²) in [6, 6.07) is 0. The first-order valence-electron chi connectivity index (χ1n) is 3.28. The lowest BCUT2D eigenvalue weighted by atomic mass is 10.2. The Balaban J connectivity index is 3.08. The van der Waals surface area contributed by atoms with Crippen LogP contribution in [0, 0.1) is 0 Å². The quantitative estimate of drug-likeness (QED) is 0.693. The zero-order chi connectivity index (χ0) is 9.35. The van der Waals surface area contributed by atoms with Crippen molar-refractivity contribution in [2.24, 2.45) is 0 Å². The maximum atomic E-state index is 5.60. The van der Waals surface area contributed by atoms with E-state index < -0.39 is 3.92 Å². The smallest absolute Gasteiger partial charge is 0.179 e. The lowest BCUT2D eigenvalue weighted by Gasteiger charge is -2.13. The minimum Gasteiger partial charge on any atom is -0.179 e. The molecule has 1 aromatic rings. The van der Waals surface area contributed by atoms with Crippen molar-refractivity contribution in [3.63, 3.8) is 0 Å². The Labute approximate surface area is 84.8 Å². The fourth-order valence-corrected chi connectivity index (χ4v) is 1.10. The van der Waals surface area contributed by atoms with Crippen LogP contribution in [0.15, 0.2) is 0 Å². The van der Waals surface area contributed by atoms with Gasteiger partial charge in [0.15, 0.2) is 5.82 Å². The Morgan fingerprint density at radius 3 is 2.25 bits per heavy atom. The van der Waals surface area contributed by atoms with Crippen LogP contribution in [0.3, 0.4) is 0 Å². The maximum Gasteiger partial charge on any atom is 0.289 e. The molecule has 0 unspecified atom stereocenters. The van der Waals surface area contributed by atoms with Gasteiger partial charge in [-0.15, -0.1) is 5.10 Å². The van der Waals surface area contributed by atoms with Gasteiger partial charge in [0.05, 0.1) is 0 Å². The minimum atomic E-state index is -1.61. The Bertz CT molecular complexity index is 264. The van der Waals surface area contributed by atoms with E-state index in [1.54, 1.807) is 0 Å². The van der Waals surface area contributed by atoms with E-state index in [2.05, 4.69) is 15.5 Å². The molecule has 0 saturated heterocycles. The molecule has 1 heterocycles. The van der Waals surface area contributed by atoms with Gasteiger partial charge in [0, 0.05) is 5.92 Å². The van der Waals surface area contributed by atoms with Gasteiger partial charge in [0.25, 0.3) is 3.92 Å². The highest BCUT2D eigenvalue weighted by molar-refractivity contribution is 6.64. The Hall–Kier alpha value is -0.0600. The summed E-state index contributed by atoms with van der Waals surface area (Å²) in [5, 5.41) is 10.7. The van der Waals surface area contributed by atoms with Crippen LogP contribution in [0.1, 0.15) is 25.6 Å². The Morgan fingerprint density at radius 1 is 1.33 bits per heavy atom. The van der Waals surface area contributed by atoms with Crippen molar-refractivity contribution in [3.05, 3.63) is 5.82 Å². The van der Waals surface area contributed by atoms with E-state index in [0.29, 0.717) is 5.82 Å². The van der Waals surface area contributed by atoms with Crippen LogP contribution in [0.5, 0.6) is 0 Å². The van der Waals surface area contributed by atoms with E-state index in [1.165, 1.54) is 4.68 Å². The molecule has 0 N–H and O–H groups in total. The molecule has 0 atom stereocenters. The molecule has 0 radical (unpaired) electrons. The average Bonchev–Trinajstić information content (AvgIpc) is 2.30. The summed E-state index contributed by atoms with van der Waals surface area (Å²) in [4.78, 5) is 0. The molecule has 68 valence electrons. The average molecular weight is 229 g/mol. The van der Waals surface area contributed by atoms with Crippen LogP contribution in [0.25, 0.3) is 0 Å². The van der Waals surface area contributed by atoms with Gasteiger partial charge in [0.1, 0.15) is 0 Å². The molecule has 7 heteroatoms. The van der Waals surface area contributed by atoms with Crippen molar-refractivity contribution in [1.82, 2.24) is 20.2 Å². The van der Waals surface area contributed by atoms with E-state index in [4.69, 9.17) is 34.8 Å². The standard InChI is InChI=1S/C5H7Cl3N4/c1-3(2)4-9-10-11-12(4)5(6,7)8/h3H,1-2H3. The number of hydrogen-bond acceptors (Lipinski definition) is 3. The van der Waals surface area contributed by atoms with Gasteiger partial charge in [-0.2, -0.15) is 4.68 Å². The number of tetrazole rings is 1. The molecule has 0 saturated carbocycles. The molecular formula is C5H7Cl3N4. The van der Waals surface area contributed by atoms with Gasteiger partial charge in [-0.3, -0.25) is 0 Å². The minimum absolute atomic E-state index is 0.121. The fraction of sp³-hybridized carbons (Fsp3) is 0.800. The summed E-state index contributed by atoms with van der Waals surface area (Å²) in [6.07, 6.45) is 0. The summed E-state index contributed by atoms with van der Waals surface area (Å²) in [5.74, 6) is 0.672. The molecule has 0 fully saturated rings. The van der Waals surface area contributed by atoms with Crippen LogP contribution in [0.4, 0.5) is 0 Å². The molecule has 1 rings (SSSR count). The summed E-state index contributed by atoms with van der Waals surface area (Å²) < 4.78 is -0.439. The molecular weight excluding hydrogens is 222 g/mol. The first-order valence-corrected chi connectivity index (χ1v) is 4.42. The van der Waals surface area contributed by atoms with Crippen LogP contribution < -0.4 is 0 Å². The predicted molar refractivity (Wildman–Crippen MR) is 47.4 cm³/mol. The third-order valence-electron chi connectivity index (χ3n) is 1.25. The molecule has 0 amide bonds. The largest absolute Gasteiger partial charge is 0.289 e. The van der Waals surface area contributed by atoms with E-state index in [1.807, 2.05) is 13.8 Å². The molecule has 0 bridgehead atoms. The highest BCUT2D eigenvalue weighted by Crippen LogP contribution is 2.33. The SMILES string of the molecule is CC(C)c1nnnn1C(Cl)(Cl)Cl. The normalized spacial score (nSPS) is 12.5. The third-order valence-corrected chi connectivity index (χ3v) is 1.73. The van der Waals surface area contributed by atoms with Crippen LogP contribution in [-0.2, 0) is 3.92 Å². The predicted octanol–water partition coefficient (Wildman–Crippen LogP) is 2.08. The van der Waals surface area contributed by atoms with E-state index in [-0.39, 0.29) is 5.92 Å². The van der Waals surface area contributed by atoms with Gasteiger partial charge in [0.2, 0.25) is 0 Å². The van der Waals surface area contributed by atoms with Crippen molar-refractivity contribution in [2.75, 3.05) is 0 Å². The summed E-state index contributed by atoms with van der Waals surface area (Å²) in [6.45, 7) is 3.83. The second-order valence-electron chi connectivity index (χ2n) is 2.57. The molecule has 4 nitrogen and oxygen atoms in total. The van der Waals surface area contributed by atoms with Crippen molar-refractivity contribution in [1.29, 1.82) is 0 Å². The fourth-order valence-electron chi connectivity index (χ4n) is 0.735. The third kappa shape index (κ3) is 2.00. The van der Waals surface area contributed by atoms with E-state index >= 15 is 0 Å². The second-order valence-corrected chi connectivity index (χ2v) is 4.79. The zero-order valence-electron chi connectivity index (χ0n) is 6.50. The number of hydrogen-bond donors (Lipinski definition) is 0. The zero-order valence-corrected chi connectivity index (χ0v) is 8.77. The van der Waals surface area contributed by atoms with Gasteiger partial charge in [-0.25, -0.2) is 0 Å². The topological polar surface area (TPSA) is 43.6 Å². The molecule has 0 aliphatic carbocycles. The summed E-state index contributed by atoms with van der Waals surface area (Å²) in [5.41, 5.74) is 0. The van der Waals surface area contributed by atoms with Gasteiger partial charge >= 0.3 is 0 Å². The summed E-state index contributed by atoms with van der Waals surface area (Å²) in [7, 11) is 0. The number of alkyl halides is 3. The maximum absolute atomic E-state index is 5.60. The van der Waals surface area contributed by atoms with Gasteiger partial charge in [-0.1, -0.05) is 48.7 Å². The number of nitrogens with zero attached hydrogens (tertiary/aromatic N) is 4. The Kier molecular flexibility index (Phi) is 2.81. The highest BCUT2D eigenvalue weighted by atomic mass is 35.6. The molecule has 0 aromatic carbocycles. The van der Waals surface area contributed by atoms with Crippen molar-refractivity contribution in [2.45, 2.75) is 23.7 Å². The monoisotopic (exact) mass is 228 g/mol. The first-order chi connectivity index (χ1) is 5.43. The van der Waals surface area contributed by atoms with Crippen molar-refractivity contribution in [3.8, 4) is 0 Å². The molecule has 0 aliphatic rings. The molecule has 12 heavy (non-hydrogen) atoms. The van der Waals surface area contributed by atoms with Crippen LogP contribution >= 0.6 is 34.8 Å². The van der Waals surface area contributed by atoms with Gasteiger partial charge in [-0.05, 0) is 10.4 Å². The van der Waals surface area contributed by atoms with Crippen molar-refractivity contribution >= 4 is 34.8 Å². The Morgan fingerprint density at radius 2 is 1.92 bits per heavy atom. The molecule has 0 spiro atoms. The first kappa shape index (κ1) is 10.0. The summed E-state index contributed by atoms with van der Waals surface area (Å²) >= 11 is 16.8. The number of aromatic nitrogens is 4. The van der Waals surface area contributed by atoms with E-state index in [0.717, 1.165) is 0 Å². The van der Waals surface area contributed by atoms with Crippen LogP contribution in [-0.4, -0.2) is 20.2 Å². The van der Waals surface area contributed by atoms with Crippen LogP contribution in [0.2, 0.25) is 0 Å². The van der Waals surface area contributed by atoms with Crippen molar-refractivity contribution < 1.29 is 0 Å². The second kappa shape index (κ2) is 3.36. The number of rotatable bonds is 1. The molecule has 1 aromatic heterocycles.